The van der Waals surface area contributed by atoms with E-state index in [1.165, 1.54) is 30.2 Å². The standard InChI is InChI=1S/C27H24FN5O7/c1-3-14-31(18-12-13-22(39-2)20(15-18)25(36)40-16-17-8-5-4-6-9-17)26(37)33-27(38)32(29-30-33)23-19(24(34)35)10-7-11-21(23)28/h4-13,15H,3,14,16H2,1-2H3,(H,34,35). The van der Waals surface area contributed by atoms with Crippen molar-refractivity contribution in [2.45, 2.75) is 20.0 Å². The van der Waals surface area contributed by atoms with Gasteiger partial charge in [-0.3, -0.25) is 4.90 Å². The van der Waals surface area contributed by atoms with Crippen LogP contribution in [0.1, 0.15) is 39.6 Å². The van der Waals surface area contributed by atoms with Gasteiger partial charge in [0.2, 0.25) is 0 Å². The number of halogens is 1. The zero-order valence-corrected chi connectivity index (χ0v) is 21.5. The van der Waals surface area contributed by atoms with Crippen LogP contribution in [0.2, 0.25) is 0 Å². The number of ether oxygens (including phenoxy) is 2. The molecular formula is C27H24FN5O7. The highest BCUT2D eigenvalue weighted by molar-refractivity contribution is 5.97. The molecule has 0 aliphatic heterocycles. The normalized spacial score (nSPS) is 10.7. The first kappa shape index (κ1) is 27.7. The maximum atomic E-state index is 14.5. The summed E-state index contributed by atoms with van der Waals surface area (Å²) in [7, 11) is 1.38. The van der Waals surface area contributed by atoms with Gasteiger partial charge in [-0.1, -0.05) is 43.3 Å². The molecule has 4 aromatic rings. The fourth-order valence-corrected chi connectivity index (χ4v) is 3.91. The van der Waals surface area contributed by atoms with Gasteiger partial charge in [-0.25, -0.2) is 23.6 Å². The Morgan fingerprint density at radius 1 is 1.00 bits per heavy atom. The number of anilines is 1. The predicted molar refractivity (Wildman–Crippen MR) is 140 cm³/mol. The topological polar surface area (TPSA) is 146 Å². The van der Waals surface area contributed by atoms with Crippen molar-refractivity contribution in [2.75, 3.05) is 18.6 Å². The molecule has 0 atom stereocenters. The molecule has 0 aliphatic carbocycles. The van der Waals surface area contributed by atoms with E-state index in [-0.39, 0.29) is 30.2 Å². The van der Waals surface area contributed by atoms with Crippen molar-refractivity contribution in [3.05, 3.63) is 99.7 Å². The summed E-state index contributed by atoms with van der Waals surface area (Å²) in [6.07, 6.45) is 0.449. The van der Waals surface area contributed by atoms with Gasteiger partial charge in [-0.2, -0.15) is 4.68 Å². The van der Waals surface area contributed by atoms with Crippen molar-refractivity contribution in [2.24, 2.45) is 0 Å². The van der Waals surface area contributed by atoms with Crippen LogP contribution in [-0.2, 0) is 11.3 Å². The minimum atomic E-state index is -1.50. The summed E-state index contributed by atoms with van der Waals surface area (Å²) in [5.41, 5.74) is -1.35. The molecule has 1 N–H and O–H groups in total. The molecule has 0 bridgehead atoms. The first-order chi connectivity index (χ1) is 19.3. The molecule has 0 unspecified atom stereocenters. The molecule has 1 heterocycles. The number of carbonyl (C=O) groups is 3. The molecule has 0 radical (unpaired) electrons. The highest BCUT2D eigenvalue weighted by atomic mass is 19.1. The lowest BCUT2D eigenvalue weighted by atomic mass is 10.1. The van der Waals surface area contributed by atoms with Gasteiger partial charge in [0.15, 0.2) is 0 Å². The molecule has 0 saturated carbocycles. The predicted octanol–water partition coefficient (Wildman–Crippen LogP) is 3.52. The van der Waals surface area contributed by atoms with Crippen LogP contribution in [-0.4, -0.2) is 56.5 Å². The molecule has 206 valence electrons. The Kier molecular flexibility index (Phi) is 8.33. The number of methoxy groups -OCH3 is 1. The summed E-state index contributed by atoms with van der Waals surface area (Å²) in [4.78, 5) is 52.2. The average molecular weight is 550 g/mol. The second kappa shape index (κ2) is 12.0. The molecule has 4 rings (SSSR count). The maximum Gasteiger partial charge on any atom is 0.377 e. The van der Waals surface area contributed by atoms with E-state index in [1.807, 2.05) is 18.2 Å². The molecule has 40 heavy (non-hydrogen) atoms. The fourth-order valence-electron chi connectivity index (χ4n) is 3.91. The molecule has 0 aliphatic rings. The second-order valence-electron chi connectivity index (χ2n) is 8.41. The smallest absolute Gasteiger partial charge is 0.377 e. The summed E-state index contributed by atoms with van der Waals surface area (Å²) >= 11 is 0. The van der Waals surface area contributed by atoms with Crippen LogP contribution in [0.3, 0.4) is 0 Å². The summed E-state index contributed by atoms with van der Waals surface area (Å²) < 4.78 is 26.1. The van der Waals surface area contributed by atoms with Crippen molar-refractivity contribution in [1.29, 1.82) is 0 Å². The van der Waals surface area contributed by atoms with Crippen LogP contribution in [0, 0.1) is 5.82 Å². The number of hydrogen-bond acceptors (Lipinski definition) is 8. The number of aromatic carboxylic acids is 1. The number of hydrogen-bond donors (Lipinski definition) is 1. The van der Waals surface area contributed by atoms with E-state index >= 15 is 0 Å². The number of aromatic nitrogens is 4. The van der Waals surface area contributed by atoms with Crippen molar-refractivity contribution < 1.29 is 33.4 Å². The molecule has 0 saturated heterocycles. The number of esters is 1. The van der Waals surface area contributed by atoms with Gasteiger partial charge in [0.25, 0.3) is 0 Å². The Labute approximate surface area is 226 Å². The Balaban J connectivity index is 1.68. The fraction of sp³-hybridized carbons (Fsp3) is 0.185. The second-order valence-corrected chi connectivity index (χ2v) is 8.41. The van der Waals surface area contributed by atoms with Crippen molar-refractivity contribution in [3.63, 3.8) is 0 Å². The molecule has 13 heteroatoms. The summed E-state index contributed by atoms with van der Waals surface area (Å²) in [6.45, 7) is 1.90. The number of carboxylic acids is 1. The van der Waals surface area contributed by atoms with Crippen molar-refractivity contribution in [1.82, 2.24) is 19.8 Å². The number of amides is 1. The third-order valence-electron chi connectivity index (χ3n) is 5.80. The minimum Gasteiger partial charge on any atom is -0.496 e. The number of nitrogens with zero attached hydrogens (tertiary/aromatic N) is 5. The summed E-state index contributed by atoms with van der Waals surface area (Å²) in [5, 5.41) is 16.5. The third-order valence-corrected chi connectivity index (χ3v) is 5.80. The van der Waals surface area contributed by atoms with Gasteiger partial charge in [0, 0.05) is 12.2 Å². The van der Waals surface area contributed by atoms with Crippen LogP contribution in [0.4, 0.5) is 14.9 Å². The van der Waals surface area contributed by atoms with Crippen LogP contribution in [0.25, 0.3) is 5.69 Å². The third kappa shape index (κ3) is 5.57. The quantitative estimate of drug-likeness (QED) is 0.245. The number of carboxylic acid groups (broad SMARTS) is 1. The van der Waals surface area contributed by atoms with Gasteiger partial charge >= 0.3 is 23.7 Å². The molecule has 0 fully saturated rings. The Hall–Kier alpha value is -5.33. The van der Waals surface area contributed by atoms with E-state index in [4.69, 9.17) is 9.47 Å². The van der Waals surface area contributed by atoms with Gasteiger partial charge < -0.3 is 14.6 Å². The Morgan fingerprint density at radius 2 is 1.75 bits per heavy atom. The SMILES string of the molecule is CCCN(C(=O)n1nnn(-c2c(F)cccc2C(=O)O)c1=O)c1ccc(OC)c(C(=O)OCc2ccccc2)c1. The van der Waals surface area contributed by atoms with Gasteiger partial charge in [-0.15, -0.1) is 4.68 Å². The van der Waals surface area contributed by atoms with Gasteiger partial charge in [-0.05, 0) is 52.7 Å². The van der Waals surface area contributed by atoms with Crippen molar-refractivity contribution >= 4 is 23.7 Å². The van der Waals surface area contributed by atoms with E-state index < -0.39 is 40.7 Å². The average Bonchev–Trinajstić information content (AvgIpc) is 3.34. The molecular weight excluding hydrogens is 525 g/mol. The summed E-state index contributed by atoms with van der Waals surface area (Å²) in [5.74, 6) is -3.04. The lowest BCUT2D eigenvalue weighted by Gasteiger charge is -2.22. The Bertz CT molecular complexity index is 1620. The van der Waals surface area contributed by atoms with Crippen molar-refractivity contribution in [3.8, 4) is 11.4 Å². The first-order valence-corrected chi connectivity index (χ1v) is 12.0. The van der Waals surface area contributed by atoms with Crippen LogP contribution < -0.4 is 15.3 Å². The number of para-hydroxylation sites is 1. The summed E-state index contributed by atoms with van der Waals surface area (Å²) in [6, 6.07) is 15.7. The van der Waals surface area contributed by atoms with E-state index in [1.54, 1.807) is 19.1 Å². The zero-order valence-electron chi connectivity index (χ0n) is 21.5. The lowest BCUT2D eigenvalue weighted by molar-refractivity contribution is 0.0468. The molecule has 0 spiro atoms. The number of carbonyl (C=O) groups excluding carboxylic acids is 2. The first-order valence-electron chi connectivity index (χ1n) is 12.0. The minimum absolute atomic E-state index is 0.0114. The van der Waals surface area contributed by atoms with Gasteiger partial charge in [0.1, 0.15) is 29.4 Å². The van der Waals surface area contributed by atoms with E-state index in [9.17, 15) is 28.7 Å². The van der Waals surface area contributed by atoms with Crippen LogP contribution >= 0.6 is 0 Å². The largest absolute Gasteiger partial charge is 0.496 e. The van der Waals surface area contributed by atoms with E-state index in [0.29, 0.717) is 15.8 Å². The molecule has 12 nitrogen and oxygen atoms in total. The molecule has 1 amide bonds. The zero-order chi connectivity index (χ0) is 28.8. The number of benzene rings is 3. The van der Waals surface area contributed by atoms with E-state index in [0.717, 1.165) is 23.8 Å². The molecule has 3 aromatic carbocycles. The lowest BCUT2D eigenvalue weighted by Crippen LogP contribution is -2.41. The Morgan fingerprint density at radius 3 is 2.42 bits per heavy atom. The van der Waals surface area contributed by atoms with Crippen LogP contribution in [0.5, 0.6) is 5.75 Å². The highest BCUT2D eigenvalue weighted by Gasteiger charge is 2.27. The maximum absolute atomic E-state index is 14.5. The van der Waals surface area contributed by atoms with E-state index in [2.05, 4.69) is 10.4 Å². The van der Waals surface area contributed by atoms with Crippen LogP contribution in [0.15, 0.2) is 71.5 Å². The monoisotopic (exact) mass is 549 g/mol. The number of rotatable bonds is 9. The van der Waals surface area contributed by atoms with Gasteiger partial charge in [0.05, 0.1) is 12.7 Å². The highest BCUT2D eigenvalue weighted by Crippen LogP contribution is 2.27. The molecule has 1 aromatic heterocycles. The number of tetrazole rings is 1.